The zero-order valence-electron chi connectivity index (χ0n) is 12.1. The molecule has 25 heavy (non-hydrogen) atoms. The first-order valence-electron chi connectivity index (χ1n) is 6.39. The summed E-state index contributed by atoms with van der Waals surface area (Å²) in [5.41, 5.74) is -2.45. The summed E-state index contributed by atoms with van der Waals surface area (Å²) in [4.78, 5) is 11.0. The molecule has 0 heterocycles. The third kappa shape index (κ3) is 3.15. The molecule has 0 spiro atoms. The summed E-state index contributed by atoms with van der Waals surface area (Å²) in [6.45, 7) is -0.662. The molecule has 2 aromatic rings. The molecule has 0 N–H and O–H groups in total. The van der Waals surface area contributed by atoms with Crippen molar-refractivity contribution in [3.63, 3.8) is 0 Å². The highest BCUT2D eigenvalue weighted by Crippen LogP contribution is 2.29. The molecular weight excluding hydrogens is 364 g/mol. The zero-order valence-corrected chi connectivity index (χ0v) is 12.1. The smallest absolute Gasteiger partial charge is 0.204 e. The van der Waals surface area contributed by atoms with Crippen LogP contribution in [-0.4, -0.2) is 5.78 Å². The fourth-order valence-corrected chi connectivity index (χ4v) is 1.89. The molecule has 2 aromatic carbocycles. The molecule has 0 fully saturated rings. The second kappa shape index (κ2) is 6.69. The van der Waals surface area contributed by atoms with Gasteiger partial charge in [-0.3, -0.25) is 4.79 Å². The Kier molecular flexibility index (Phi) is 5.00. The van der Waals surface area contributed by atoms with Gasteiger partial charge in [0.1, 0.15) is 6.61 Å². The highest BCUT2D eigenvalue weighted by molar-refractivity contribution is 5.94. The standard InChI is InChI=1S/C15H6F8O2/c1-4(24)5-2-7(16)15(14(23)8(5)17)25-3-6-9(18)11(20)13(22)12(21)10(6)19/h2H,3H2,1H3. The lowest BCUT2D eigenvalue weighted by molar-refractivity contribution is 0.101. The van der Waals surface area contributed by atoms with Gasteiger partial charge in [-0.15, -0.1) is 0 Å². The van der Waals surface area contributed by atoms with Crippen LogP contribution < -0.4 is 4.74 Å². The van der Waals surface area contributed by atoms with E-state index >= 15 is 0 Å². The Balaban J connectivity index is 2.44. The van der Waals surface area contributed by atoms with Crippen LogP contribution in [0.25, 0.3) is 0 Å². The fraction of sp³-hybridized carbons (Fsp3) is 0.133. The molecule has 2 rings (SSSR count). The minimum Gasteiger partial charge on any atom is -0.483 e. The van der Waals surface area contributed by atoms with E-state index in [4.69, 9.17) is 0 Å². The van der Waals surface area contributed by atoms with Crippen LogP contribution in [0.15, 0.2) is 6.07 Å². The maximum atomic E-state index is 13.7. The van der Waals surface area contributed by atoms with Crippen LogP contribution in [0.5, 0.6) is 5.75 Å². The fourth-order valence-electron chi connectivity index (χ4n) is 1.89. The van der Waals surface area contributed by atoms with E-state index in [0.717, 1.165) is 6.92 Å². The van der Waals surface area contributed by atoms with Crippen molar-refractivity contribution in [1.82, 2.24) is 0 Å². The van der Waals surface area contributed by atoms with Gasteiger partial charge in [-0.2, -0.15) is 4.39 Å². The Morgan fingerprint density at radius 3 is 1.76 bits per heavy atom. The number of ether oxygens (including phenoxy) is 1. The monoisotopic (exact) mass is 370 g/mol. The Hall–Kier alpha value is -2.65. The van der Waals surface area contributed by atoms with Crippen molar-refractivity contribution in [3.05, 3.63) is 63.7 Å². The van der Waals surface area contributed by atoms with Crippen molar-refractivity contribution in [2.45, 2.75) is 13.5 Å². The predicted octanol–water partition coefficient (Wildman–Crippen LogP) is 4.58. The van der Waals surface area contributed by atoms with Gasteiger partial charge in [-0.05, 0) is 13.0 Å². The van der Waals surface area contributed by atoms with E-state index in [1.54, 1.807) is 0 Å². The molecule has 134 valence electrons. The van der Waals surface area contributed by atoms with Gasteiger partial charge in [0.25, 0.3) is 0 Å². The van der Waals surface area contributed by atoms with E-state index in [2.05, 4.69) is 4.74 Å². The van der Waals surface area contributed by atoms with Crippen molar-refractivity contribution in [3.8, 4) is 5.75 Å². The molecule has 0 unspecified atom stereocenters. The summed E-state index contributed by atoms with van der Waals surface area (Å²) in [7, 11) is 0. The molecular formula is C15H6F8O2. The lowest BCUT2D eigenvalue weighted by atomic mass is 10.1. The molecule has 0 amide bonds. The van der Waals surface area contributed by atoms with Crippen LogP contribution in [0.4, 0.5) is 35.1 Å². The van der Waals surface area contributed by atoms with Crippen LogP contribution in [0, 0.1) is 46.5 Å². The van der Waals surface area contributed by atoms with E-state index in [0.29, 0.717) is 0 Å². The number of benzene rings is 2. The molecule has 0 aliphatic carbocycles. The summed E-state index contributed by atoms with van der Waals surface area (Å²) >= 11 is 0. The van der Waals surface area contributed by atoms with Gasteiger partial charge in [-0.1, -0.05) is 0 Å². The van der Waals surface area contributed by atoms with Crippen LogP contribution in [0.3, 0.4) is 0 Å². The van der Waals surface area contributed by atoms with Crippen molar-refractivity contribution < 1.29 is 44.7 Å². The summed E-state index contributed by atoms with van der Waals surface area (Å²) in [5.74, 6) is -19.4. The first-order chi connectivity index (χ1) is 11.6. The summed E-state index contributed by atoms with van der Waals surface area (Å²) in [6, 6.07) is 0.272. The zero-order chi connectivity index (χ0) is 19.0. The minimum atomic E-state index is -2.42. The Morgan fingerprint density at radius 2 is 1.28 bits per heavy atom. The van der Waals surface area contributed by atoms with Crippen LogP contribution in [0.2, 0.25) is 0 Å². The topological polar surface area (TPSA) is 26.3 Å². The molecule has 0 atom stereocenters. The number of carbonyl (C=O) groups excluding carboxylic acids is 1. The summed E-state index contributed by atoms with van der Waals surface area (Å²) in [6.07, 6.45) is 0. The predicted molar refractivity (Wildman–Crippen MR) is 66.9 cm³/mol. The molecule has 10 heteroatoms. The van der Waals surface area contributed by atoms with E-state index in [1.807, 2.05) is 0 Å². The van der Waals surface area contributed by atoms with Crippen molar-refractivity contribution in [1.29, 1.82) is 0 Å². The summed E-state index contributed by atoms with van der Waals surface area (Å²) < 4.78 is 111. The van der Waals surface area contributed by atoms with E-state index in [1.165, 1.54) is 0 Å². The van der Waals surface area contributed by atoms with Gasteiger partial charge in [-0.25, -0.2) is 30.7 Å². The molecule has 0 bridgehead atoms. The van der Waals surface area contributed by atoms with Crippen molar-refractivity contribution in [2.75, 3.05) is 0 Å². The second-order valence-electron chi connectivity index (χ2n) is 4.76. The van der Waals surface area contributed by atoms with Gasteiger partial charge in [0.2, 0.25) is 11.6 Å². The number of halogens is 8. The average molecular weight is 370 g/mol. The second-order valence-corrected chi connectivity index (χ2v) is 4.76. The Bertz CT molecular complexity index is 850. The first-order valence-corrected chi connectivity index (χ1v) is 6.39. The molecule has 0 saturated heterocycles. The van der Waals surface area contributed by atoms with Gasteiger partial charge in [0, 0.05) is 0 Å². The highest BCUT2D eigenvalue weighted by Gasteiger charge is 2.27. The number of rotatable bonds is 4. The van der Waals surface area contributed by atoms with E-state index < -0.39 is 75.8 Å². The largest absolute Gasteiger partial charge is 0.483 e. The Labute approximate surface area is 134 Å². The molecule has 0 aliphatic rings. The lowest BCUT2D eigenvalue weighted by Gasteiger charge is -2.12. The van der Waals surface area contributed by atoms with Crippen molar-refractivity contribution in [2.24, 2.45) is 0 Å². The maximum Gasteiger partial charge on any atom is 0.204 e. The lowest BCUT2D eigenvalue weighted by Crippen LogP contribution is -2.12. The molecule has 0 aromatic heterocycles. The van der Waals surface area contributed by atoms with Crippen molar-refractivity contribution >= 4 is 5.78 Å². The molecule has 0 radical (unpaired) electrons. The number of carbonyl (C=O) groups is 1. The normalized spacial score (nSPS) is 10.9. The molecule has 2 nitrogen and oxygen atoms in total. The van der Waals surface area contributed by atoms with Gasteiger partial charge in [0.15, 0.2) is 46.4 Å². The number of hydrogen-bond acceptors (Lipinski definition) is 2. The highest BCUT2D eigenvalue weighted by atomic mass is 19.2. The van der Waals surface area contributed by atoms with E-state index in [-0.39, 0.29) is 6.07 Å². The first kappa shape index (κ1) is 18.7. The van der Waals surface area contributed by atoms with Gasteiger partial charge < -0.3 is 4.74 Å². The minimum absolute atomic E-state index is 0.272. The van der Waals surface area contributed by atoms with Crippen LogP contribution in [0.1, 0.15) is 22.8 Å². The third-order valence-electron chi connectivity index (χ3n) is 3.16. The van der Waals surface area contributed by atoms with Crippen LogP contribution >= 0.6 is 0 Å². The van der Waals surface area contributed by atoms with Gasteiger partial charge in [0.05, 0.1) is 11.1 Å². The van der Waals surface area contributed by atoms with Gasteiger partial charge >= 0.3 is 0 Å². The summed E-state index contributed by atoms with van der Waals surface area (Å²) in [5, 5.41) is 0. The SMILES string of the molecule is CC(=O)c1cc(F)c(OCc2c(F)c(F)c(F)c(F)c2F)c(F)c1F. The van der Waals surface area contributed by atoms with Crippen LogP contribution in [-0.2, 0) is 6.61 Å². The number of ketones is 1. The third-order valence-corrected chi connectivity index (χ3v) is 3.16. The number of Topliss-reactive ketones (excluding diaryl/α,β-unsaturated/α-hetero) is 1. The number of hydrogen-bond donors (Lipinski definition) is 0. The Morgan fingerprint density at radius 1 is 0.800 bits per heavy atom. The quantitative estimate of drug-likeness (QED) is 0.341. The molecule has 0 aliphatic heterocycles. The van der Waals surface area contributed by atoms with E-state index in [9.17, 15) is 39.9 Å². The average Bonchev–Trinajstić information content (AvgIpc) is 2.56. The molecule has 0 saturated carbocycles. The maximum absolute atomic E-state index is 13.7.